The molecule has 2 rings (SSSR count). The molecule has 0 heterocycles. The van der Waals surface area contributed by atoms with E-state index in [9.17, 15) is 19.2 Å². The van der Waals surface area contributed by atoms with Gasteiger partial charge >= 0.3 is 11.9 Å². The van der Waals surface area contributed by atoms with Crippen molar-refractivity contribution in [3.8, 4) is 0 Å². The van der Waals surface area contributed by atoms with Crippen molar-refractivity contribution >= 4 is 23.5 Å². The van der Waals surface area contributed by atoms with Crippen LogP contribution in [0.1, 0.15) is 6.42 Å². The molecular weight excluding hydrogens is 252 g/mol. The highest BCUT2D eigenvalue weighted by Gasteiger charge is 2.42. The molecule has 19 heavy (non-hydrogen) atoms. The second-order valence-electron chi connectivity index (χ2n) is 4.32. The van der Waals surface area contributed by atoms with Crippen molar-refractivity contribution in [1.29, 1.82) is 0 Å². The molecule has 100 valence electrons. The number of carbonyl (C=O) groups excluding carboxylic acids is 4. The number of ether oxygens (including phenoxy) is 2. The van der Waals surface area contributed by atoms with Crippen LogP contribution in [-0.4, -0.2) is 37.7 Å². The molecule has 0 saturated carbocycles. The van der Waals surface area contributed by atoms with E-state index in [1.807, 2.05) is 0 Å². The van der Waals surface area contributed by atoms with Crippen LogP contribution in [0.4, 0.5) is 0 Å². The summed E-state index contributed by atoms with van der Waals surface area (Å²) in [4.78, 5) is 46.9. The molecule has 0 aliphatic heterocycles. The molecular formula is C13H12O6. The van der Waals surface area contributed by atoms with Gasteiger partial charge in [0.1, 0.15) is 0 Å². The third-order valence-corrected chi connectivity index (χ3v) is 3.26. The van der Waals surface area contributed by atoms with Crippen molar-refractivity contribution < 1.29 is 28.7 Å². The van der Waals surface area contributed by atoms with Gasteiger partial charge in [-0.15, -0.1) is 0 Å². The van der Waals surface area contributed by atoms with Crippen LogP contribution in [0.3, 0.4) is 0 Å². The van der Waals surface area contributed by atoms with Gasteiger partial charge in [0.15, 0.2) is 11.6 Å². The lowest BCUT2D eigenvalue weighted by atomic mass is 9.73. The smallest absolute Gasteiger partial charge is 0.341 e. The first kappa shape index (κ1) is 13.2. The van der Waals surface area contributed by atoms with Crippen molar-refractivity contribution in [3.05, 3.63) is 23.3 Å². The minimum absolute atomic E-state index is 0.128. The molecule has 0 unspecified atom stereocenters. The van der Waals surface area contributed by atoms with E-state index < -0.39 is 35.3 Å². The molecule has 6 heteroatoms. The molecule has 0 radical (unpaired) electrons. The highest BCUT2D eigenvalue weighted by atomic mass is 16.5. The number of hydrogen-bond donors (Lipinski definition) is 0. The van der Waals surface area contributed by atoms with Crippen LogP contribution in [0, 0.1) is 11.8 Å². The third-order valence-electron chi connectivity index (χ3n) is 3.26. The maximum atomic E-state index is 12.0. The molecule has 2 aliphatic rings. The SMILES string of the molecule is COC(=O)C1=C[C@H]2C[C@H](C=C(C(=O)OC)C2=O)C1=O. The lowest BCUT2D eigenvalue weighted by Crippen LogP contribution is -2.37. The number of methoxy groups -OCH3 is 2. The molecule has 2 atom stereocenters. The van der Waals surface area contributed by atoms with Crippen LogP contribution in [0.25, 0.3) is 0 Å². The lowest BCUT2D eigenvalue weighted by Gasteiger charge is -2.28. The first-order valence-corrected chi connectivity index (χ1v) is 5.68. The molecule has 0 aromatic carbocycles. The monoisotopic (exact) mass is 264 g/mol. The van der Waals surface area contributed by atoms with Gasteiger partial charge in [0.05, 0.1) is 25.4 Å². The molecule has 2 aliphatic carbocycles. The number of allylic oxidation sites excluding steroid dienone is 2. The molecule has 0 saturated heterocycles. The van der Waals surface area contributed by atoms with Crippen molar-refractivity contribution in [1.82, 2.24) is 0 Å². The van der Waals surface area contributed by atoms with E-state index in [2.05, 4.69) is 9.47 Å². The number of ketones is 2. The van der Waals surface area contributed by atoms with Gasteiger partial charge in [-0.2, -0.15) is 0 Å². The predicted molar refractivity (Wildman–Crippen MR) is 61.8 cm³/mol. The molecule has 0 aromatic rings. The highest BCUT2D eigenvalue weighted by Crippen LogP contribution is 2.34. The number of Topliss-reactive ketones (excluding diaryl/α,β-unsaturated/α-hetero) is 2. The number of hydrogen-bond acceptors (Lipinski definition) is 6. The Morgan fingerprint density at radius 2 is 1.32 bits per heavy atom. The summed E-state index contributed by atoms with van der Waals surface area (Å²) in [6.07, 6.45) is 2.84. The number of carbonyl (C=O) groups is 4. The van der Waals surface area contributed by atoms with E-state index in [-0.39, 0.29) is 17.6 Å². The normalized spacial score (nSPS) is 25.4. The summed E-state index contributed by atoms with van der Waals surface area (Å²) in [5, 5.41) is 0. The first-order chi connectivity index (χ1) is 8.99. The summed E-state index contributed by atoms with van der Waals surface area (Å²) in [5.74, 6) is -3.70. The Kier molecular flexibility index (Phi) is 3.33. The fourth-order valence-electron chi connectivity index (χ4n) is 2.30. The molecule has 6 nitrogen and oxygen atoms in total. The summed E-state index contributed by atoms with van der Waals surface area (Å²) in [6, 6.07) is 0. The number of esters is 2. The van der Waals surface area contributed by atoms with E-state index in [0.717, 1.165) is 0 Å². The van der Waals surface area contributed by atoms with Crippen LogP contribution in [-0.2, 0) is 28.7 Å². The molecule has 0 fully saturated rings. The van der Waals surface area contributed by atoms with Crippen molar-refractivity contribution in [2.45, 2.75) is 6.42 Å². The summed E-state index contributed by atoms with van der Waals surface area (Å²) >= 11 is 0. The Labute approximate surface area is 109 Å². The van der Waals surface area contributed by atoms with Gasteiger partial charge in [0, 0.05) is 11.8 Å². The third kappa shape index (κ3) is 2.09. The van der Waals surface area contributed by atoms with Gasteiger partial charge in [0.2, 0.25) is 0 Å². The van der Waals surface area contributed by atoms with Crippen molar-refractivity contribution in [2.75, 3.05) is 14.2 Å². The summed E-state index contributed by atoms with van der Waals surface area (Å²) in [6.45, 7) is 0. The molecule has 2 bridgehead atoms. The Morgan fingerprint density at radius 1 is 0.947 bits per heavy atom. The zero-order valence-corrected chi connectivity index (χ0v) is 10.5. The predicted octanol–water partition coefficient (Wildman–Crippen LogP) is -0.0269. The molecule has 0 N–H and O–H groups in total. The van der Waals surface area contributed by atoms with Gasteiger partial charge in [-0.25, -0.2) is 9.59 Å². The summed E-state index contributed by atoms with van der Waals surface area (Å²) < 4.78 is 9.01. The van der Waals surface area contributed by atoms with Crippen molar-refractivity contribution in [2.24, 2.45) is 11.8 Å². The Balaban J connectivity index is 2.40. The van der Waals surface area contributed by atoms with Gasteiger partial charge in [-0.05, 0) is 6.42 Å². The van der Waals surface area contributed by atoms with Crippen molar-refractivity contribution in [3.63, 3.8) is 0 Å². The van der Waals surface area contributed by atoms with E-state index in [1.54, 1.807) is 0 Å². The average Bonchev–Trinajstić information content (AvgIpc) is 2.43. The fraction of sp³-hybridized carbons (Fsp3) is 0.385. The van der Waals surface area contributed by atoms with E-state index in [0.29, 0.717) is 0 Å². The van der Waals surface area contributed by atoms with Gasteiger partial charge in [-0.3, -0.25) is 9.59 Å². The second-order valence-corrected chi connectivity index (χ2v) is 4.32. The van der Waals surface area contributed by atoms with Crippen LogP contribution < -0.4 is 0 Å². The minimum Gasteiger partial charge on any atom is -0.465 e. The Hall–Kier alpha value is -2.24. The zero-order chi connectivity index (χ0) is 14.2. The lowest BCUT2D eigenvalue weighted by molar-refractivity contribution is -0.138. The van der Waals surface area contributed by atoms with Gasteiger partial charge < -0.3 is 9.47 Å². The number of rotatable bonds is 2. The van der Waals surface area contributed by atoms with Gasteiger partial charge in [0.25, 0.3) is 0 Å². The standard InChI is InChI=1S/C13H12O6/c1-18-12(16)8-4-6-3-7(10(8)14)5-9(11(6)15)13(17)19-2/h4-7H,3H2,1-2H3/t6-,7-/m1/s1. The quantitative estimate of drug-likeness (QED) is 0.514. The van der Waals surface area contributed by atoms with E-state index in [4.69, 9.17) is 0 Å². The summed E-state index contributed by atoms with van der Waals surface area (Å²) in [5.41, 5.74) is -0.255. The summed E-state index contributed by atoms with van der Waals surface area (Å²) in [7, 11) is 2.33. The van der Waals surface area contributed by atoms with E-state index in [1.165, 1.54) is 26.4 Å². The maximum Gasteiger partial charge on any atom is 0.341 e. The first-order valence-electron chi connectivity index (χ1n) is 5.68. The van der Waals surface area contributed by atoms with Crippen LogP contribution in [0.2, 0.25) is 0 Å². The molecule has 0 aromatic heterocycles. The van der Waals surface area contributed by atoms with E-state index >= 15 is 0 Å². The maximum absolute atomic E-state index is 12.0. The molecule has 0 amide bonds. The van der Waals surface area contributed by atoms with Crippen LogP contribution in [0.5, 0.6) is 0 Å². The largest absolute Gasteiger partial charge is 0.465 e. The highest BCUT2D eigenvalue weighted by molar-refractivity contribution is 6.25. The Morgan fingerprint density at radius 3 is 1.63 bits per heavy atom. The zero-order valence-electron chi connectivity index (χ0n) is 10.5. The van der Waals surface area contributed by atoms with Crippen LogP contribution in [0.15, 0.2) is 23.3 Å². The fourth-order valence-corrected chi connectivity index (χ4v) is 2.30. The second kappa shape index (κ2) is 4.79. The minimum atomic E-state index is -0.762. The van der Waals surface area contributed by atoms with Gasteiger partial charge in [-0.1, -0.05) is 12.2 Å². The average molecular weight is 264 g/mol. The Bertz CT molecular complexity index is 491. The van der Waals surface area contributed by atoms with Crippen LogP contribution >= 0.6 is 0 Å². The number of fused-ring (bicyclic) bond motifs is 2. The molecule has 0 spiro atoms. The topological polar surface area (TPSA) is 86.7 Å².